The van der Waals surface area contributed by atoms with Crippen molar-refractivity contribution in [3.8, 4) is 11.5 Å². The number of alkyl halides is 2. The normalized spacial score (nSPS) is 10.4. The summed E-state index contributed by atoms with van der Waals surface area (Å²) < 4.78 is 46.7. The summed E-state index contributed by atoms with van der Waals surface area (Å²) >= 11 is 0. The number of hydrogen-bond donors (Lipinski definition) is 2. The van der Waals surface area contributed by atoms with Crippen molar-refractivity contribution >= 4 is 17.5 Å². The van der Waals surface area contributed by atoms with Gasteiger partial charge in [-0.15, -0.1) is 0 Å². The van der Waals surface area contributed by atoms with Gasteiger partial charge < -0.3 is 9.47 Å². The fraction of sp³-hybridized carbons (Fsp3) is 0.176. The molecule has 2 aromatic carbocycles. The summed E-state index contributed by atoms with van der Waals surface area (Å²) in [5.41, 5.74) is 3.08. The molecule has 0 aliphatic rings. The number of nitro groups is 1. The third kappa shape index (κ3) is 5.82. The molecule has 9 nitrogen and oxygen atoms in total. The number of hydrazine groups is 1. The van der Waals surface area contributed by atoms with Crippen LogP contribution < -0.4 is 20.3 Å². The Kier molecular flexibility index (Phi) is 6.95. The molecule has 0 radical (unpaired) electrons. The van der Waals surface area contributed by atoms with Crippen LogP contribution in [0, 0.1) is 15.9 Å². The van der Waals surface area contributed by atoms with Crippen LogP contribution in [0.2, 0.25) is 0 Å². The molecule has 0 fully saturated rings. The zero-order chi connectivity index (χ0) is 21.6. The molecule has 0 heterocycles. The van der Waals surface area contributed by atoms with E-state index >= 15 is 0 Å². The van der Waals surface area contributed by atoms with Crippen molar-refractivity contribution < 1.29 is 37.2 Å². The highest BCUT2D eigenvalue weighted by Gasteiger charge is 2.26. The second-order valence-electron chi connectivity index (χ2n) is 5.46. The average molecular weight is 413 g/mol. The van der Waals surface area contributed by atoms with Gasteiger partial charge in [0.15, 0.2) is 11.5 Å². The molecule has 0 atom stereocenters. The maximum atomic E-state index is 12.9. The zero-order valence-corrected chi connectivity index (χ0v) is 14.8. The molecule has 0 aliphatic heterocycles. The average Bonchev–Trinajstić information content (AvgIpc) is 2.67. The standard InChI is InChI=1S/C17H14F3N3O6/c1-28-13-7-11(12(23(26)27)8-14(13)29-17(19)20)16(25)22-21-15(24)6-9-2-4-10(18)5-3-9/h2-5,7-8,17H,6H2,1H3,(H,21,24)(H,22,25). The lowest BCUT2D eigenvalue weighted by atomic mass is 10.1. The summed E-state index contributed by atoms with van der Waals surface area (Å²) in [7, 11) is 1.09. The molecular weight excluding hydrogens is 399 g/mol. The van der Waals surface area contributed by atoms with Crippen molar-refractivity contribution in [3.63, 3.8) is 0 Å². The summed E-state index contributed by atoms with van der Waals surface area (Å²) in [5, 5.41) is 11.2. The Morgan fingerprint density at radius 1 is 1.14 bits per heavy atom. The lowest BCUT2D eigenvalue weighted by Gasteiger charge is -2.12. The van der Waals surface area contributed by atoms with Crippen LogP contribution in [0.4, 0.5) is 18.9 Å². The Balaban J connectivity index is 2.15. The number of carbonyl (C=O) groups is 2. The first-order chi connectivity index (χ1) is 13.7. The third-order valence-electron chi connectivity index (χ3n) is 3.53. The number of benzene rings is 2. The van der Waals surface area contributed by atoms with E-state index in [9.17, 15) is 32.9 Å². The van der Waals surface area contributed by atoms with E-state index in [4.69, 9.17) is 4.74 Å². The Hall–Kier alpha value is -3.83. The van der Waals surface area contributed by atoms with E-state index in [0.717, 1.165) is 25.3 Å². The molecule has 0 unspecified atom stereocenters. The molecule has 29 heavy (non-hydrogen) atoms. The van der Waals surface area contributed by atoms with Crippen LogP contribution in [0.25, 0.3) is 0 Å². The number of hydrogen-bond acceptors (Lipinski definition) is 6. The van der Waals surface area contributed by atoms with Crippen LogP contribution in [-0.2, 0) is 11.2 Å². The second kappa shape index (κ2) is 9.39. The van der Waals surface area contributed by atoms with Gasteiger partial charge in [0.2, 0.25) is 5.91 Å². The van der Waals surface area contributed by atoms with E-state index in [1.54, 1.807) is 0 Å². The molecule has 2 amide bonds. The van der Waals surface area contributed by atoms with E-state index in [1.807, 2.05) is 10.9 Å². The van der Waals surface area contributed by atoms with E-state index in [-0.39, 0.29) is 12.2 Å². The molecule has 0 spiro atoms. The van der Waals surface area contributed by atoms with Gasteiger partial charge in [0.1, 0.15) is 11.4 Å². The molecule has 2 rings (SSSR count). The maximum absolute atomic E-state index is 12.9. The SMILES string of the molecule is COc1cc(C(=O)NNC(=O)Cc2ccc(F)cc2)c([N+](=O)[O-])cc1OC(F)F. The first-order valence-corrected chi connectivity index (χ1v) is 7.86. The van der Waals surface area contributed by atoms with Crippen LogP contribution in [-0.4, -0.2) is 30.5 Å². The van der Waals surface area contributed by atoms with Crippen molar-refractivity contribution in [1.29, 1.82) is 0 Å². The Bertz CT molecular complexity index is 921. The Morgan fingerprint density at radius 3 is 2.34 bits per heavy atom. The van der Waals surface area contributed by atoms with Crippen LogP contribution >= 0.6 is 0 Å². The summed E-state index contributed by atoms with van der Waals surface area (Å²) in [4.78, 5) is 34.3. The minimum absolute atomic E-state index is 0.201. The first kappa shape index (κ1) is 21.5. The summed E-state index contributed by atoms with van der Waals surface area (Å²) in [6.07, 6.45) is -0.201. The number of carbonyl (C=O) groups excluding carboxylic acids is 2. The number of methoxy groups -OCH3 is 1. The Morgan fingerprint density at radius 2 is 1.79 bits per heavy atom. The molecule has 0 saturated heterocycles. The first-order valence-electron chi connectivity index (χ1n) is 7.86. The minimum atomic E-state index is -3.27. The van der Waals surface area contributed by atoms with Gasteiger partial charge in [0.05, 0.1) is 24.5 Å². The predicted octanol–water partition coefficient (Wildman–Crippen LogP) is 2.35. The number of amides is 2. The lowest BCUT2D eigenvalue weighted by molar-refractivity contribution is -0.385. The molecule has 0 saturated carbocycles. The highest BCUT2D eigenvalue weighted by atomic mass is 19.3. The van der Waals surface area contributed by atoms with E-state index in [0.29, 0.717) is 11.6 Å². The topological polar surface area (TPSA) is 120 Å². The number of nitro benzene ring substituents is 1. The third-order valence-corrected chi connectivity index (χ3v) is 3.53. The molecule has 12 heteroatoms. The number of halogens is 3. The number of nitrogens with one attached hydrogen (secondary N) is 2. The zero-order valence-electron chi connectivity index (χ0n) is 14.8. The van der Waals surface area contributed by atoms with Gasteiger partial charge in [-0.25, -0.2) is 4.39 Å². The lowest BCUT2D eigenvalue weighted by Crippen LogP contribution is -2.42. The monoisotopic (exact) mass is 413 g/mol. The van der Waals surface area contributed by atoms with Gasteiger partial charge >= 0.3 is 6.61 Å². The van der Waals surface area contributed by atoms with Gasteiger partial charge in [-0.3, -0.25) is 30.6 Å². The molecular formula is C17H14F3N3O6. The van der Waals surface area contributed by atoms with Crippen LogP contribution in [0.1, 0.15) is 15.9 Å². The van der Waals surface area contributed by atoms with Crippen LogP contribution in [0.15, 0.2) is 36.4 Å². The number of rotatable bonds is 7. The van der Waals surface area contributed by atoms with E-state index in [1.165, 1.54) is 12.1 Å². The minimum Gasteiger partial charge on any atom is -0.493 e. The molecule has 0 bridgehead atoms. The van der Waals surface area contributed by atoms with Crippen molar-refractivity contribution in [2.75, 3.05) is 7.11 Å². The van der Waals surface area contributed by atoms with E-state index < -0.39 is 46.2 Å². The molecule has 2 aromatic rings. The summed E-state index contributed by atoms with van der Waals surface area (Å²) in [5.74, 6) is -3.24. The van der Waals surface area contributed by atoms with Crippen molar-refractivity contribution in [2.45, 2.75) is 13.0 Å². The molecule has 0 aromatic heterocycles. The number of nitrogens with zero attached hydrogens (tertiary/aromatic N) is 1. The predicted molar refractivity (Wildman–Crippen MR) is 92.0 cm³/mol. The smallest absolute Gasteiger partial charge is 0.387 e. The van der Waals surface area contributed by atoms with Gasteiger partial charge in [0, 0.05) is 6.07 Å². The Labute approximate surface area is 161 Å². The van der Waals surface area contributed by atoms with Crippen LogP contribution in [0.3, 0.4) is 0 Å². The van der Waals surface area contributed by atoms with Gasteiger partial charge in [-0.1, -0.05) is 12.1 Å². The quantitative estimate of drug-likeness (QED) is 0.531. The highest BCUT2D eigenvalue weighted by Crippen LogP contribution is 2.35. The van der Waals surface area contributed by atoms with Crippen LogP contribution in [0.5, 0.6) is 11.5 Å². The van der Waals surface area contributed by atoms with Gasteiger partial charge in [-0.2, -0.15) is 8.78 Å². The maximum Gasteiger partial charge on any atom is 0.387 e. The van der Waals surface area contributed by atoms with Gasteiger partial charge in [0.25, 0.3) is 11.6 Å². The second-order valence-corrected chi connectivity index (χ2v) is 5.46. The highest BCUT2D eigenvalue weighted by molar-refractivity contribution is 5.99. The van der Waals surface area contributed by atoms with Crippen molar-refractivity contribution in [2.24, 2.45) is 0 Å². The van der Waals surface area contributed by atoms with Crippen molar-refractivity contribution in [3.05, 3.63) is 63.5 Å². The number of ether oxygens (including phenoxy) is 2. The summed E-state index contributed by atoms with van der Waals surface area (Å²) in [6.45, 7) is -3.27. The van der Waals surface area contributed by atoms with Gasteiger partial charge in [-0.05, 0) is 17.7 Å². The fourth-order valence-corrected chi connectivity index (χ4v) is 2.26. The van der Waals surface area contributed by atoms with E-state index in [2.05, 4.69) is 4.74 Å². The largest absolute Gasteiger partial charge is 0.493 e. The molecule has 154 valence electrons. The molecule has 0 aliphatic carbocycles. The molecule has 2 N–H and O–H groups in total. The fourth-order valence-electron chi connectivity index (χ4n) is 2.26. The van der Waals surface area contributed by atoms with Crippen molar-refractivity contribution in [1.82, 2.24) is 10.9 Å². The summed E-state index contributed by atoms with van der Waals surface area (Å²) in [6, 6.07) is 6.49.